The third-order valence-corrected chi connectivity index (χ3v) is 4.34. The lowest BCUT2D eigenvalue weighted by Crippen LogP contribution is -2.17. The van der Waals surface area contributed by atoms with Gasteiger partial charge >= 0.3 is 0 Å². The van der Waals surface area contributed by atoms with Gasteiger partial charge in [-0.25, -0.2) is 0 Å². The van der Waals surface area contributed by atoms with Crippen molar-refractivity contribution in [2.75, 3.05) is 11.9 Å². The van der Waals surface area contributed by atoms with Crippen LogP contribution in [-0.2, 0) is 6.54 Å². The molecule has 1 atom stereocenters. The highest BCUT2D eigenvalue weighted by atomic mass is 79.9. The molecule has 2 nitrogen and oxygen atoms in total. The lowest BCUT2D eigenvalue weighted by atomic mass is 10.1. The Kier molecular flexibility index (Phi) is 5.21. The van der Waals surface area contributed by atoms with Gasteiger partial charge in [-0.2, -0.15) is 0 Å². The fourth-order valence-electron chi connectivity index (χ4n) is 2.19. The Labute approximate surface area is 129 Å². The van der Waals surface area contributed by atoms with Crippen LogP contribution < -0.4 is 10.6 Å². The molecule has 0 aliphatic heterocycles. The maximum Gasteiger partial charge on any atom is 0.0437 e. The van der Waals surface area contributed by atoms with Crippen molar-refractivity contribution in [3.05, 3.63) is 64.1 Å². The average molecular weight is 333 g/mol. The summed E-state index contributed by atoms with van der Waals surface area (Å²) in [6, 6.07) is 17.0. The Morgan fingerprint density at radius 1 is 1.10 bits per heavy atom. The second kappa shape index (κ2) is 6.91. The molecule has 2 aromatic carbocycles. The maximum atomic E-state index is 6.04. The van der Waals surface area contributed by atoms with Crippen LogP contribution in [0, 0.1) is 0 Å². The van der Waals surface area contributed by atoms with Crippen molar-refractivity contribution in [1.82, 2.24) is 0 Å². The number of anilines is 1. The highest BCUT2D eigenvalue weighted by molar-refractivity contribution is 9.10. The van der Waals surface area contributed by atoms with E-state index in [4.69, 9.17) is 5.73 Å². The number of benzene rings is 2. The molecule has 0 saturated carbocycles. The smallest absolute Gasteiger partial charge is 0.0437 e. The molecule has 2 aromatic rings. The first kappa shape index (κ1) is 15.1. The molecule has 0 aliphatic carbocycles. The molecule has 0 aliphatic rings. The van der Waals surface area contributed by atoms with Crippen LogP contribution in [0.2, 0.25) is 0 Å². The van der Waals surface area contributed by atoms with E-state index in [2.05, 4.69) is 77.3 Å². The van der Waals surface area contributed by atoms with Gasteiger partial charge in [-0.05, 0) is 35.7 Å². The quantitative estimate of drug-likeness (QED) is 0.873. The molecular weight excluding hydrogens is 312 g/mol. The molecule has 2 rings (SSSR count). The van der Waals surface area contributed by atoms with E-state index in [1.165, 1.54) is 16.8 Å². The normalized spacial score (nSPS) is 12.2. The summed E-state index contributed by atoms with van der Waals surface area (Å²) in [6.45, 7) is 2.98. The Morgan fingerprint density at radius 3 is 2.35 bits per heavy atom. The number of nitrogens with two attached hydrogens (primary N) is 1. The van der Waals surface area contributed by atoms with Crippen molar-refractivity contribution in [3.8, 4) is 0 Å². The van der Waals surface area contributed by atoms with E-state index in [0.29, 0.717) is 0 Å². The second-order valence-corrected chi connectivity index (χ2v) is 5.91. The summed E-state index contributed by atoms with van der Waals surface area (Å²) in [5.74, 6) is 0. The van der Waals surface area contributed by atoms with E-state index >= 15 is 0 Å². The molecule has 0 aromatic heterocycles. The van der Waals surface area contributed by atoms with E-state index < -0.39 is 0 Å². The molecule has 0 saturated heterocycles. The highest BCUT2D eigenvalue weighted by Gasteiger charge is 2.07. The van der Waals surface area contributed by atoms with E-state index in [9.17, 15) is 0 Å². The van der Waals surface area contributed by atoms with Gasteiger partial charge < -0.3 is 10.6 Å². The van der Waals surface area contributed by atoms with Crippen LogP contribution in [0.5, 0.6) is 0 Å². The lowest BCUT2D eigenvalue weighted by Gasteiger charge is -2.21. The molecule has 0 spiro atoms. The summed E-state index contributed by atoms with van der Waals surface area (Å²) >= 11 is 3.59. The lowest BCUT2D eigenvalue weighted by molar-refractivity contribution is 0.698. The van der Waals surface area contributed by atoms with Gasteiger partial charge in [0.25, 0.3) is 0 Å². The van der Waals surface area contributed by atoms with Crippen LogP contribution in [0.3, 0.4) is 0 Å². The predicted octanol–water partition coefficient (Wildman–Crippen LogP) is 4.50. The van der Waals surface area contributed by atoms with Crippen LogP contribution >= 0.6 is 15.9 Å². The van der Waals surface area contributed by atoms with E-state index in [1.54, 1.807) is 0 Å². The molecule has 3 heteroatoms. The first-order chi connectivity index (χ1) is 9.61. The summed E-state index contributed by atoms with van der Waals surface area (Å²) in [4.78, 5) is 2.24. The summed E-state index contributed by atoms with van der Waals surface area (Å²) in [6.07, 6.45) is 0.964. The third kappa shape index (κ3) is 3.62. The van der Waals surface area contributed by atoms with Gasteiger partial charge in [-0.15, -0.1) is 0 Å². The van der Waals surface area contributed by atoms with Gasteiger partial charge in [0.2, 0.25) is 0 Å². The Bertz CT molecular complexity index is 551. The molecule has 0 fully saturated rings. The van der Waals surface area contributed by atoms with Crippen molar-refractivity contribution in [1.29, 1.82) is 0 Å². The number of rotatable bonds is 5. The van der Waals surface area contributed by atoms with Gasteiger partial charge in [-0.3, -0.25) is 0 Å². The molecule has 2 N–H and O–H groups in total. The Hall–Kier alpha value is -1.32. The van der Waals surface area contributed by atoms with Crippen LogP contribution in [0.25, 0.3) is 0 Å². The van der Waals surface area contributed by atoms with Gasteiger partial charge in [0.15, 0.2) is 0 Å². The fourth-order valence-corrected chi connectivity index (χ4v) is 2.60. The van der Waals surface area contributed by atoms with Crippen molar-refractivity contribution >= 4 is 21.6 Å². The average Bonchev–Trinajstić information content (AvgIpc) is 2.49. The monoisotopic (exact) mass is 332 g/mol. The minimum atomic E-state index is 0.137. The Balaban J connectivity index is 2.10. The zero-order valence-corrected chi connectivity index (χ0v) is 13.6. The van der Waals surface area contributed by atoms with Gasteiger partial charge in [0, 0.05) is 29.8 Å². The zero-order valence-electron chi connectivity index (χ0n) is 12.0. The number of hydrogen-bond donors (Lipinski definition) is 1. The summed E-state index contributed by atoms with van der Waals surface area (Å²) in [5.41, 5.74) is 9.73. The van der Waals surface area contributed by atoms with E-state index in [-0.39, 0.29) is 6.04 Å². The molecule has 106 valence electrons. The van der Waals surface area contributed by atoms with Gasteiger partial charge in [0.05, 0.1) is 0 Å². The number of halogens is 1. The third-order valence-electron chi connectivity index (χ3n) is 3.57. The molecule has 0 bridgehead atoms. The van der Waals surface area contributed by atoms with Crippen LogP contribution in [0.4, 0.5) is 5.69 Å². The Morgan fingerprint density at radius 2 is 1.75 bits per heavy atom. The standard InChI is InChI=1S/C17H21BrN2/c1-3-17(19)13-8-10-15(11-9-13)20(2)12-14-6-4-5-7-16(14)18/h4-11,17H,3,12,19H2,1-2H3/t17-/m0/s1. The van der Waals surface area contributed by atoms with E-state index in [0.717, 1.165) is 17.4 Å². The van der Waals surface area contributed by atoms with Crippen molar-refractivity contribution in [2.45, 2.75) is 25.9 Å². The maximum absolute atomic E-state index is 6.04. The predicted molar refractivity (Wildman–Crippen MR) is 89.9 cm³/mol. The van der Waals surface area contributed by atoms with Crippen molar-refractivity contribution in [2.24, 2.45) is 5.73 Å². The first-order valence-electron chi connectivity index (χ1n) is 6.92. The van der Waals surface area contributed by atoms with Crippen LogP contribution in [0.1, 0.15) is 30.5 Å². The topological polar surface area (TPSA) is 29.3 Å². The van der Waals surface area contributed by atoms with Crippen molar-refractivity contribution in [3.63, 3.8) is 0 Å². The zero-order chi connectivity index (χ0) is 14.5. The van der Waals surface area contributed by atoms with Crippen LogP contribution in [-0.4, -0.2) is 7.05 Å². The van der Waals surface area contributed by atoms with Crippen LogP contribution in [0.15, 0.2) is 53.0 Å². The minimum absolute atomic E-state index is 0.137. The second-order valence-electron chi connectivity index (χ2n) is 5.05. The molecule has 0 amide bonds. The SMILES string of the molecule is CC[C@H](N)c1ccc(N(C)Cc2ccccc2Br)cc1. The van der Waals surface area contributed by atoms with Gasteiger partial charge in [-0.1, -0.05) is 53.2 Å². The van der Waals surface area contributed by atoms with Gasteiger partial charge in [0.1, 0.15) is 0 Å². The minimum Gasteiger partial charge on any atom is -0.370 e. The molecule has 0 unspecified atom stereocenters. The molecule has 20 heavy (non-hydrogen) atoms. The molecular formula is C17H21BrN2. The summed E-state index contributed by atoms with van der Waals surface area (Å²) in [7, 11) is 2.11. The summed E-state index contributed by atoms with van der Waals surface area (Å²) in [5, 5.41) is 0. The largest absolute Gasteiger partial charge is 0.370 e. The van der Waals surface area contributed by atoms with Crippen molar-refractivity contribution < 1.29 is 0 Å². The highest BCUT2D eigenvalue weighted by Crippen LogP contribution is 2.23. The number of hydrogen-bond acceptors (Lipinski definition) is 2. The molecule has 0 heterocycles. The number of nitrogens with zero attached hydrogens (tertiary/aromatic N) is 1. The molecule has 0 radical (unpaired) electrons. The fraction of sp³-hybridized carbons (Fsp3) is 0.294. The van der Waals surface area contributed by atoms with E-state index in [1.807, 2.05) is 6.07 Å². The summed E-state index contributed by atoms with van der Waals surface area (Å²) < 4.78 is 1.15. The first-order valence-corrected chi connectivity index (χ1v) is 7.71.